The van der Waals surface area contributed by atoms with Gasteiger partial charge in [0.25, 0.3) is 5.91 Å². The minimum Gasteiger partial charge on any atom is -0.319 e. The van der Waals surface area contributed by atoms with E-state index in [9.17, 15) is 9.59 Å². The summed E-state index contributed by atoms with van der Waals surface area (Å²) in [6, 6.07) is 3.25. The Morgan fingerprint density at radius 2 is 1.88 bits per heavy atom. The fraction of sp³-hybridized carbons (Fsp3) is 0.444. The zero-order valence-electron chi connectivity index (χ0n) is 14.8. The normalized spacial score (nSPS) is 12.7. The Bertz CT molecular complexity index is 729. The van der Waals surface area contributed by atoms with Crippen molar-refractivity contribution in [2.45, 2.75) is 46.6 Å². The standard InChI is InChI=1S/C18H24N4O2/c1-6-12(2)16(23)15-14(11-22(21-15)18(3,4)5)20-17(24)13-7-9-19-10-8-13/h7-12H,6H2,1-5H3,(H,20,24). The lowest BCUT2D eigenvalue weighted by atomic mass is 10.0. The second-order valence-corrected chi connectivity index (χ2v) is 6.87. The van der Waals surface area contributed by atoms with E-state index in [1.54, 1.807) is 35.4 Å². The van der Waals surface area contributed by atoms with E-state index in [-0.39, 0.29) is 23.1 Å². The van der Waals surface area contributed by atoms with Crippen LogP contribution in [0.1, 0.15) is 61.9 Å². The van der Waals surface area contributed by atoms with Crippen LogP contribution in [0.25, 0.3) is 0 Å². The lowest BCUT2D eigenvalue weighted by Gasteiger charge is -2.18. The predicted molar refractivity (Wildman–Crippen MR) is 93.2 cm³/mol. The number of pyridine rings is 1. The van der Waals surface area contributed by atoms with Crippen LogP contribution < -0.4 is 5.32 Å². The molecule has 24 heavy (non-hydrogen) atoms. The summed E-state index contributed by atoms with van der Waals surface area (Å²) >= 11 is 0. The van der Waals surface area contributed by atoms with Gasteiger partial charge in [0, 0.05) is 30.1 Å². The molecule has 2 rings (SSSR count). The molecule has 0 aliphatic rings. The molecule has 0 bridgehead atoms. The van der Waals surface area contributed by atoms with Crippen molar-refractivity contribution >= 4 is 17.4 Å². The Hall–Kier alpha value is -2.50. The Balaban J connectivity index is 2.38. The summed E-state index contributed by atoms with van der Waals surface area (Å²) in [5.74, 6) is -0.500. The number of carbonyl (C=O) groups is 2. The highest BCUT2D eigenvalue weighted by molar-refractivity contribution is 6.09. The number of amides is 1. The fourth-order valence-corrected chi connectivity index (χ4v) is 2.11. The molecule has 2 heterocycles. The molecular weight excluding hydrogens is 304 g/mol. The highest BCUT2D eigenvalue weighted by Gasteiger charge is 2.25. The fourth-order valence-electron chi connectivity index (χ4n) is 2.11. The molecular formula is C18H24N4O2. The number of hydrogen-bond donors (Lipinski definition) is 1. The second-order valence-electron chi connectivity index (χ2n) is 6.87. The molecule has 1 atom stereocenters. The lowest BCUT2D eigenvalue weighted by molar-refractivity contribution is 0.0921. The summed E-state index contributed by atoms with van der Waals surface area (Å²) < 4.78 is 1.71. The van der Waals surface area contributed by atoms with Gasteiger partial charge < -0.3 is 5.32 Å². The van der Waals surface area contributed by atoms with Gasteiger partial charge in [-0.1, -0.05) is 13.8 Å². The third-order valence-electron chi connectivity index (χ3n) is 3.89. The largest absolute Gasteiger partial charge is 0.319 e. The summed E-state index contributed by atoms with van der Waals surface area (Å²) in [6.07, 6.45) is 5.55. The maximum atomic E-state index is 12.6. The van der Waals surface area contributed by atoms with Crippen LogP contribution >= 0.6 is 0 Å². The minimum atomic E-state index is -0.288. The Morgan fingerprint density at radius 3 is 2.42 bits per heavy atom. The van der Waals surface area contributed by atoms with E-state index in [1.165, 1.54) is 0 Å². The Labute approximate surface area is 142 Å². The van der Waals surface area contributed by atoms with Crippen molar-refractivity contribution < 1.29 is 9.59 Å². The SMILES string of the molecule is CCC(C)C(=O)c1nn(C(C)(C)C)cc1NC(=O)c1ccncc1. The van der Waals surface area contributed by atoms with E-state index in [0.29, 0.717) is 16.9 Å². The average molecular weight is 328 g/mol. The third-order valence-corrected chi connectivity index (χ3v) is 3.89. The van der Waals surface area contributed by atoms with E-state index in [2.05, 4.69) is 15.4 Å². The van der Waals surface area contributed by atoms with Gasteiger partial charge in [0.05, 0.1) is 11.2 Å². The van der Waals surface area contributed by atoms with Gasteiger partial charge in [0.15, 0.2) is 11.5 Å². The van der Waals surface area contributed by atoms with Crippen molar-refractivity contribution in [1.29, 1.82) is 0 Å². The number of anilines is 1. The van der Waals surface area contributed by atoms with Crippen molar-refractivity contribution in [3.05, 3.63) is 42.0 Å². The van der Waals surface area contributed by atoms with E-state index in [1.807, 2.05) is 34.6 Å². The quantitative estimate of drug-likeness (QED) is 0.852. The summed E-state index contributed by atoms with van der Waals surface area (Å²) in [6.45, 7) is 9.80. The molecule has 0 saturated heterocycles. The van der Waals surface area contributed by atoms with Gasteiger partial charge in [-0.25, -0.2) is 0 Å². The molecule has 1 unspecified atom stereocenters. The molecule has 0 aromatic carbocycles. The Morgan fingerprint density at radius 1 is 1.25 bits per heavy atom. The van der Waals surface area contributed by atoms with Gasteiger partial charge in [-0.2, -0.15) is 5.10 Å². The van der Waals surface area contributed by atoms with Crippen LogP contribution in [0.3, 0.4) is 0 Å². The van der Waals surface area contributed by atoms with Gasteiger partial charge in [0.1, 0.15) is 0 Å². The zero-order chi connectivity index (χ0) is 17.9. The maximum Gasteiger partial charge on any atom is 0.255 e. The molecule has 0 spiro atoms. The number of nitrogens with one attached hydrogen (secondary N) is 1. The van der Waals surface area contributed by atoms with Crippen LogP contribution in [0, 0.1) is 5.92 Å². The van der Waals surface area contributed by atoms with Crippen molar-refractivity contribution in [1.82, 2.24) is 14.8 Å². The maximum absolute atomic E-state index is 12.6. The number of nitrogens with zero attached hydrogens (tertiary/aromatic N) is 3. The highest BCUT2D eigenvalue weighted by atomic mass is 16.2. The molecule has 1 amide bonds. The van der Waals surface area contributed by atoms with E-state index >= 15 is 0 Å². The molecule has 2 aromatic heterocycles. The lowest BCUT2D eigenvalue weighted by Crippen LogP contribution is -2.23. The smallest absolute Gasteiger partial charge is 0.255 e. The molecule has 128 valence electrons. The molecule has 6 nitrogen and oxygen atoms in total. The van der Waals surface area contributed by atoms with E-state index < -0.39 is 0 Å². The number of aromatic nitrogens is 3. The predicted octanol–water partition coefficient (Wildman–Crippen LogP) is 3.51. The van der Waals surface area contributed by atoms with Gasteiger partial charge in [0.2, 0.25) is 0 Å². The van der Waals surface area contributed by atoms with Crippen molar-refractivity contribution in [2.75, 3.05) is 5.32 Å². The van der Waals surface area contributed by atoms with Crippen molar-refractivity contribution in [2.24, 2.45) is 5.92 Å². The highest BCUT2D eigenvalue weighted by Crippen LogP contribution is 2.24. The van der Waals surface area contributed by atoms with Crippen LogP contribution in [0.5, 0.6) is 0 Å². The summed E-state index contributed by atoms with van der Waals surface area (Å²) in [5.41, 5.74) is 0.943. The number of Topliss-reactive ketones (excluding diaryl/α,β-unsaturated/α-hetero) is 1. The minimum absolute atomic E-state index is 0.0643. The molecule has 0 fully saturated rings. The van der Waals surface area contributed by atoms with Gasteiger partial charge in [-0.3, -0.25) is 19.3 Å². The van der Waals surface area contributed by atoms with Crippen LogP contribution in [0.15, 0.2) is 30.7 Å². The number of hydrogen-bond acceptors (Lipinski definition) is 4. The van der Waals surface area contributed by atoms with Crippen molar-refractivity contribution in [3.8, 4) is 0 Å². The molecule has 2 aromatic rings. The van der Waals surface area contributed by atoms with E-state index in [0.717, 1.165) is 6.42 Å². The number of carbonyl (C=O) groups excluding carboxylic acids is 2. The summed E-state index contributed by atoms with van der Waals surface area (Å²) in [5, 5.41) is 7.25. The zero-order valence-corrected chi connectivity index (χ0v) is 14.8. The molecule has 0 radical (unpaired) electrons. The molecule has 0 aliphatic heterocycles. The summed E-state index contributed by atoms with van der Waals surface area (Å²) in [7, 11) is 0. The second kappa shape index (κ2) is 6.95. The Kier molecular flexibility index (Phi) is 5.17. The van der Waals surface area contributed by atoms with Crippen LogP contribution in [0.2, 0.25) is 0 Å². The molecule has 6 heteroatoms. The van der Waals surface area contributed by atoms with E-state index in [4.69, 9.17) is 0 Å². The van der Waals surface area contributed by atoms with Gasteiger partial charge in [-0.05, 0) is 39.3 Å². The van der Waals surface area contributed by atoms with Crippen molar-refractivity contribution in [3.63, 3.8) is 0 Å². The van der Waals surface area contributed by atoms with Crippen LogP contribution in [-0.4, -0.2) is 26.5 Å². The topological polar surface area (TPSA) is 76.9 Å². The average Bonchev–Trinajstić information content (AvgIpc) is 2.98. The number of rotatable bonds is 5. The molecule has 0 saturated carbocycles. The first-order valence-corrected chi connectivity index (χ1v) is 8.09. The first-order chi connectivity index (χ1) is 11.2. The summed E-state index contributed by atoms with van der Waals surface area (Å²) in [4.78, 5) is 28.9. The van der Waals surface area contributed by atoms with Crippen LogP contribution in [-0.2, 0) is 5.54 Å². The molecule has 0 aliphatic carbocycles. The monoisotopic (exact) mass is 328 g/mol. The first kappa shape index (κ1) is 17.8. The van der Waals surface area contributed by atoms with Crippen LogP contribution in [0.4, 0.5) is 5.69 Å². The van der Waals surface area contributed by atoms with Gasteiger partial charge in [-0.15, -0.1) is 0 Å². The van der Waals surface area contributed by atoms with Gasteiger partial charge >= 0.3 is 0 Å². The molecule has 1 N–H and O–H groups in total. The first-order valence-electron chi connectivity index (χ1n) is 8.09. The third kappa shape index (κ3) is 3.88. The number of ketones is 1.